The van der Waals surface area contributed by atoms with E-state index in [1.807, 2.05) is 48.5 Å². The van der Waals surface area contributed by atoms with Gasteiger partial charge in [-0.3, -0.25) is 4.79 Å². The molecular formula is C15H15NO2S. The maximum Gasteiger partial charge on any atom is 0.307 e. The first-order valence-corrected chi connectivity index (χ1v) is 6.90. The first kappa shape index (κ1) is 13.5. The van der Waals surface area contributed by atoms with E-state index in [9.17, 15) is 4.79 Å². The van der Waals surface area contributed by atoms with Gasteiger partial charge in [-0.15, -0.1) is 11.8 Å². The van der Waals surface area contributed by atoms with Crippen molar-refractivity contribution in [2.75, 3.05) is 5.73 Å². The Morgan fingerprint density at radius 2 is 1.68 bits per heavy atom. The van der Waals surface area contributed by atoms with Crippen molar-refractivity contribution < 1.29 is 9.90 Å². The lowest BCUT2D eigenvalue weighted by atomic mass is 10.1. The molecule has 0 amide bonds. The van der Waals surface area contributed by atoms with Gasteiger partial charge in [0.15, 0.2) is 0 Å². The second-order valence-electron chi connectivity index (χ2n) is 4.21. The molecule has 3 nitrogen and oxygen atoms in total. The van der Waals surface area contributed by atoms with E-state index in [-0.39, 0.29) is 6.42 Å². The summed E-state index contributed by atoms with van der Waals surface area (Å²) in [5.74, 6) is 0.0147. The van der Waals surface area contributed by atoms with Crippen molar-refractivity contribution in [1.29, 1.82) is 0 Å². The summed E-state index contributed by atoms with van der Waals surface area (Å²) in [5, 5.41) is 8.70. The average Bonchev–Trinajstić information content (AvgIpc) is 2.39. The van der Waals surface area contributed by atoms with Gasteiger partial charge in [0.05, 0.1) is 6.42 Å². The quantitative estimate of drug-likeness (QED) is 0.648. The fourth-order valence-electron chi connectivity index (χ4n) is 1.70. The molecular weight excluding hydrogens is 258 g/mol. The van der Waals surface area contributed by atoms with Crippen molar-refractivity contribution in [2.45, 2.75) is 17.1 Å². The summed E-state index contributed by atoms with van der Waals surface area (Å²) in [4.78, 5) is 11.7. The molecule has 2 rings (SSSR count). The van der Waals surface area contributed by atoms with Crippen molar-refractivity contribution in [3.05, 3.63) is 59.7 Å². The predicted octanol–water partition coefficient (Wildman–Crippen LogP) is 3.19. The van der Waals surface area contributed by atoms with E-state index in [0.29, 0.717) is 0 Å². The average molecular weight is 273 g/mol. The van der Waals surface area contributed by atoms with Crippen LogP contribution in [0.5, 0.6) is 0 Å². The number of para-hydroxylation sites is 1. The predicted molar refractivity (Wildman–Crippen MR) is 78.2 cm³/mol. The number of hydrogen-bond acceptors (Lipinski definition) is 3. The van der Waals surface area contributed by atoms with Crippen LogP contribution < -0.4 is 5.73 Å². The lowest BCUT2D eigenvalue weighted by molar-refractivity contribution is -0.136. The summed E-state index contributed by atoms with van der Waals surface area (Å²) in [5.41, 5.74) is 8.64. The van der Waals surface area contributed by atoms with Gasteiger partial charge in [0.2, 0.25) is 0 Å². The first-order valence-electron chi connectivity index (χ1n) is 5.92. The van der Waals surface area contributed by atoms with E-state index >= 15 is 0 Å². The van der Waals surface area contributed by atoms with Crippen molar-refractivity contribution in [3.8, 4) is 0 Å². The standard InChI is InChI=1S/C15H15NO2S/c16-13-3-1-2-4-14(13)19-10-12-7-5-11(6-8-12)9-15(17)18/h1-8H,9-10,16H2,(H,17,18). The van der Waals surface area contributed by atoms with Crippen LogP contribution in [-0.2, 0) is 17.0 Å². The summed E-state index contributed by atoms with van der Waals surface area (Å²) in [6, 6.07) is 15.4. The van der Waals surface area contributed by atoms with Crippen LogP contribution >= 0.6 is 11.8 Å². The first-order chi connectivity index (χ1) is 9.15. The largest absolute Gasteiger partial charge is 0.481 e. The maximum atomic E-state index is 10.6. The maximum absolute atomic E-state index is 10.6. The Morgan fingerprint density at radius 1 is 1.05 bits per heavy atom. The third-order valence-corrected chi connectivity index (χ3v) is 3.85. The second kappa shape index (κ2) is 6.29. The number of carboxylic acids is 1. The zero-order chi connectivity index (χ0) is 13.7. The molecule has 0 heterocycles. The second-order valence-corrected chi connectivity index (χ2v) is 5.23. The van der Waals surface area contributed by atoms with E-state index in [4.69, 9.17) is 10.8 Å². The molecule has 0 aliphatic carbocycles. The molecule has 0 saturated heterocycles. The van der Waals surface area contributed by atoms with Gasteiger partial charge in [0.25, 0.3) is 0 Å². The van der Waals surface area contributed by atoms with Crippen molar-refractivity contribution >= 4 is 23.4 Å². The van der Waals surface area contributed by atoms with Gasteiger partial charge in [0, 0.05) is 16.3 Å². The topological polar surface area (TPSA) is 63.3 Å². The van der Waals surface area contributed by atoms with Gasteiger partial charge in [-0.1, -0.05) is 36.4 Å². The summed E-state index contributed by atoms with van der Waals surface area (Å²) in [6.07, 6.45) is 0.0685. The highest BCUT2D eigenvalue weighted by Gasteiger charge is 2.02. The molecule has 19 heavy (non-hydrogen) atoms. The molecule has 98 valence electrons. The van der Waals surface area contributed by atoms with Gasteiger partial charge >= 0.3 is 5.97 Å². The molecule has 2 aromatic carbocycles. The van der Waals surface area contributed by atoms with Gasteiger partial charge < -0.3 is 10.8 Å². The number of rotatable bonds is 5. The molecule has 0 aromatic heterocycles. The highest BCUT2D eigenvalue weighted by molar-refractivity contribution is 7.98. The molecule has 2 aromatic rings. The molecule has 0 unspecified atom stereocenters. The molecule has 0 radical (unpaired) electrons. The van der Waals surface area contributed by atoms with Crippen LogP contribution in [0.1, 0.15) is 11.1 Å². The summed E-state index contributed by atoms with van der Waals surface area (Å²) >= 11 is 1.68. The smallest absolute Gasteiger partial charge is 0.307 e. The molecule has 3 N–H and O–H groups in total. The molecule has 0 fully saturated rings. The van der Waals surface area contributed by atoms with Crippen LogP contribution in [0, 0.1) is 0 Å². The van der Waals surface area contributed by atoms with Gasteiger partial charge in [-0.05, 0) is 23.3 Å². The summed E-state index contributed by atoms with van der Waals surface area (Å²) in [6.45, 7) is 0. The van der Waals surface area contributed by atoms with Crippen LogP contribution in [-0.4, -0.2) is 11.1 Å². The zero-order valence-electron chi connectivity index (χ0n) is 10.4. The van der Waals surface area contributed by atoms with Crippen molar-refractivity contribution in [3.63, 3.8) is 0 Å². The molecule has 0 bridgehead atoms. The molecule has 0 spiro atoms. The third kappa shape index (κ3) is 4.03. The zero-order valence-corrected chi connectivity index (χ0v) is 11.2. The SMILES string of the molecule is Nc1ccccc1SCc1ccc(CC(=O)O)cc1. The Balaban J connectivity index is 1.97. The van der Waals surface area contributed by atoms with Crippen LogP contribution in [0.3, 0.4) is 0 Å². The molecule has 0 saturated carbocycles. The number of aliphatic carboxylic acids is 1. The summed E-state index contributed by atoms with van der Waals surface area (Å²) in [7, 11) is 0. The van der Waals surface area contributed by atoms with E-state index in [0.717, 1.165) is 27.5 Å². The number of thioether (sulfide) groups is 1. The Labute approximate surface area is 116 Å². The molecule has 0 atom stereocenters. The number of carbonyl (C=O) groups is 1. The fraction of sp³-hybridized carbons (Fsp3) is 0.133. The lowest BCUT2D eigenvalue weighted by Gasteiger charge is -2.05. The summed E-state index contributed by atoms with van der Waals surface area (Å²) < 4.78 is 0. The minimum Gasteiger partial charge on any atom is -0.481 e. The van der Waals surface area contributed by atoms with Gasteiger partial charge in [-0.25, -0.2) is 0 Å². The highest BCUT2D eigenvalue weighted by atomic mass is 32.2. The van der Waals surface area contributed by atoms with Crippen LogP contribution in [0.4, 0.5) is 5.69 Å². The van der Waals surface area contributed by atoms with E-state index in [2.05, 4.69) is 0 Å². The Kier molecular flexibility index (Phi) is 4.47. The number of benzene rings is 2. The van der Waals surface area contributed by atoms with Crippen LogP contribution in [0.25, 0.3) is 0 Å². The third-order valence-electron chi connectivity index (χ3n) is 2.69. The van der Waals surface area contributed by atoms with E-state index < -0.39 is 5.97 Å². The molecule has 0 aliphatic heterocycles. The Hall–Kier alpha value is -1.94. The van der Waals surface area contributed by atoms with Crippen molar-refractivity contribution in [1.82, 2.24) is 0 Å². The minimum atomic E-state index is -0.806. The number of nitrogens with two attached hydrogens (primary N) is 1. The van der Waals surface area contributed by atoms with Crippen LogP contribution in [0.15, 0.2) is 53.4 Å². The number of anilines is 1. The van der Waals surface area contributed by atoms with E-state index in [1.54, 1.807) is 11.8 Å². The highest BCUT2D eigenvalue weighted by Crippen LogP contribution is 2.27. The minimum absolute atomic E-state index is 0.0685. The molecule has 0 aliphatic rings. The van der Waals surface area contributed by atoms with E-state index in [1.165, 1.54) is 0 Å². The normalized spacial score (nSPS) is 10.3. The van der Waals surface area contributed by atoms with Gasteiger partial charge in [0.1, 0.15) is 0 Å². The van der Waals surface area contributed by atoms with Gasteiger partial charge in [-0.2, -0.15) is 0 Å². The van der Waals surface area contributed by atoms with Crippen molar-refractivity contribution in [2.24, 2.45) is 0 Å². The number of hydrogen-bond donors (Lipinski definition) is 2. The monoisotopic (exact) mass is 273 g/mol. The lowest BCUT2D eigenvalue weighted by Crippen LogP contribution is -1.99. The molecule has 4 heteroatoms. The fourth-order valence-corrected chi connectivity index (χ4v) is 2.63. The van der Waals surface area contributed by atoms with Crippen LogP contribution in [0.2, 0.25) is 0 Å². The number of nitrogen functional groups attached to an aromatic ring is 1. The Bertz CT molecular complexity index is 567. The number of carboxylic acid groups (broad SMARTS) is 1. The Morgan fingerprint density at radius 3 is 2.32 bits per heavy atom.